The number of aldehydes is 1. The third kappa shape index (κ3) is 5.63. The van der Waals surface area contributed by atoms with Crippen LogP contribution >= 0.6 is 0 Å². The molecular weight excluding hydrogens is 480 g/mol. The highest BCUT2D eigenvalue weighted by atomic mass is 16.3. The number of aryl methyl sites for hydroxylation is 1. The lowest BCUT2D eigenvalue weighted by atomic mass is 9.69. The normalized spacial score (nSPS) is 23.5. The lowest BCUT2D eigenvalue weighted by molar-refractivity contribution is -0.109. The van der Waals surface area contributed by atoms with Gasteiger partial charge in [-0.15, -0.1) is 0 Å². The van der Waals surface area contributed by atoms with E-state index in [1.807, 2.05) is 12.1 Å². The first-order valence-electron chi connectivity index (χ1n) is 15.0. The Morgan fingerprint density at radius 2 is 1.56 bits per heavy atom. The second-order valence-electron chi connectivity index (χ2n) is 12.2. The molecule has 2 fully saturated rings. The van der Waals surface area contributed by atoms with E-state index in [0.717, 1.165) is 45.3 Å². The summed E-state index contributed by atoms with van der Waals surface area (Å²) < 4.78 is 0. The number of nitrogens with zero attached hydrogens (tertiary/aromatic N) is 2. The van der Waals surface area contributed by atoms with E-state index in [4.69, 9.17) is 0 Å². The number of piperidine rings is 1. The zero-order valence-corrected chi connectivity index (χ0v) is 23.1. The predicted octanol–water partition coefficient (Wildman–Crippen LogP) is 6.92. The Morgan fingerprint density at radius 1 is 0.846 bits per heavy atom. The standard InChI is InChI=1S/C35H42N2O2/c38-24-23-36-20-4-17-35(18-5-21-36)19-6-22-37(26-35)30-12-9-28(10-13-30)34-32(27-7-2-1-3-8-27)15-11-29-25-31(39)14-16-33(29)34/h1-3,7-10,12-14,16,24-25,32,34,39H,4-6,11,15,17-23,26H2/t32-,34+/m0/s1. The smallest absolute Gasteiger partial charge is 0.133 e. The number of likely N-dealkylation sites (tertiary alicyclic amines) is 1. The van der Waals surface area contributed by atoms with Gasteiger partial charge in [0.05, 0.1) is 6.54 Å². The minimum atomic E-state index is 0.290. The Hall–Kier alpha value is -3.11. The third-order valence-corrected chi connectivity index (χ3v) is 9.79. The van der Waals surface area contributed by atoms with Crippen LogP contribution in [0.4, 0.5) is 5.69 Å². The molecule has 1 N–H and O–H groups in total. The second kappa shape index (κ2) is 11.6. The van der Waals surface area contributed by atoms with E-state index >= 15 is 0 Å². The van der Waals surface area contributed by atoms with Crippen molar-refractivity contribution in [3.8, 4) is 5.75 Å². The molecule has 0 aromatic heterocycles. The molecule has 4 heteroatoms. The summed E-state index contributed by atoms with van der Waals surface area (Å²) in [6.07, 6.45) is 10.7. The maximum absolute atomic E-state index is 11.0. The Morgan fingerprint density at radius 3 is 2.28 bits per heavy atom. The maximum atomic E-state index is 11.0. The van der Waals surface area contributed by atoms with Gasteiger partial charge in [0, 0.05) is 24.7 Å². The van der Waals surface area contributed by atoms with Crippen LogP contribution in [0.15, 0.2) is 72.8 Å². The largest absolute Gasteiger partial charge is 0.508 e. The van der Waals surface area contributed by atoms with Gasteiger partial charge < -0.3 is 14.8 Å². The van der Waals surface area contributed by atoms with Gasteiger partial charge >= 0.3 is 0 Å². The van der Waals surface area contributed by atoms with E-state index in [1.54, 1.807) is 0 Å². The molecule has 2 heterocycles. The van der Waals surface area contributed by atoms with Gasteiger partial charge in [-0.1, -0.05) is 48.5 Å². The van der Waals surface area contributed by atoms with Crippen molar-refractivity contribution < 1.29 is 9.90 Å². The van der Waals surface area contributed by atoms with Crippen molar-refractivity contribution >= 4 is 12.0 Å². The summed E-state index contributed by atoms with van der Waals surface area (Å²) >= 11 is 0. The Kier molecular flexibility index (Phi) is 7.74. The molecule has 1 spiro atoms. The minimum Gasteiger partial charge on any atom is -0.508 e. The van der Waals surface area contributed by atoms with Crippen LogP contribution in [0.5, 0.6) is 5.75 Å². The van der Waals surface area contributed by atoms with Crippen LogP contribution in [0.2, 0.25) is 0 Å². The SMILES string of the molecule is O=CCN1CCCC2(CCC1)CCCN(c1ccc([C@H]3c4ccc(O)cc4CC[C@H]3c3ccccc3)cc1)C2. The lowest BCUT2D eigenvalue weighted by Crippen LogP contribution is -2.45. The quantitative estimate of drug-likeness (QED) is 0.370. The van der Waals surface area contributed by atoms with Crippen LogP contribution in [0.1, 0.15) is 79.0 Å². The highest BCUT2D eigenvalue weighted by Crippen LogP contribution is 2.47. The average molecular weight is 523 g/mol. The topological polar surface area (TPSA) is 43.8 Å². The monoisotopic (exact) mass is 522 g/mol. The van der Waals surface area contributed by atoms with Crippen LogP contribution in [0, 0.1) is 5.41 Å². The van der Waals surface area contributed by atoms with Gasteiger partial charge in [-0.3, -0.25) is 4.90 Å². The van der Waals surface area contributed by atoms with Gasteiger partial charge in [0.2, 0.25) is 0 Å². The Balaban J connectivity index is 1.23. The molecule has 2 aliphatic heterocycles. The zero-order chi connectivity index (χ0) is 26.7. The molecule has 0 saturated carbocycles. The van der Waals surface area contributed by atoms with Gasteiger partial charge in [0.25, 0.3) is 0 Å². The highest BCUT2D eigenvalue weighted by molar-refractivity contribution is 5.53. The first-order chi connectivity index (χ1) is 19.1. The fourth-order valence-corrected chi connectivity index (χ4v) is 7.89. The van der Waals surface area contributed by atoms with Crippen molar-refractivity contribution in [1.82, 2.24) is 4.90 Å². The first-order valence-corrected chi connectivity index (χ1v) is 15.0. The summed E-state index contributed by atoms with van der Waals surface area (Å²) in [5.74, 6) is 1.09. The van der Waals surface area contributed by atoms with Crippen molar-refractivity contribution in [2.24, 2.45) is 5.41 Å². The number of aromatic hydroxyl groups is 1. The molecule has 2 saturated heterocycles. The number of carbonyl (C=O) groups is 1. The van der Waals surface area contributed by atoms with Crippen molar-refractivity contribution in [2.75, 3.05) is 37.6 Å². The van der Waals surface area contributed by atoms with E-state index in [1.165, 1.54) is 66.5 Å². The average Bonchev–Trinajstić information content (AvgIpc) is 2.96. The Bertz CT molecular complexity index is 1250. The van der Waals surface area contributed by atoms with Gasteiger partial charge in [-0.05, 0) is 122 Å². The molecule has 0 bridgehead atoms. The van der Waals surface area contributed by atoms with Crippen molar-refractivity contribution in [2.45, 2.75) is 63.2 Å². The van der Waals surface area contributed by atoms with Crippen LogP contribution in [0.25, 0.3) is 0 Å². The fourth-order valence-electron chi connectivity index (χ4n) is 7.89. The summed E-state index contributed by atoms with van der Waals surface area (Å²) in [5, 5.41) is 10.2. The molecule has 3 aromatic carbocycles. The number of anilines is 1. The summed E-state index contributed by atoms with van der Waals surface area (Å²) in [4.78, 5) is 16.0. The number of hydrogen-bond donors (Lipinski definition) is 1. The number of carbonyl (C=O) groups excluding carboxylic acids is 1. The number of fused-ring (bicyclic) bond motifs is 1. The third-order valence-electron chi connectivity index (χ3n) is 9.79. The van der Waals surface area contributed by atoms with E-state index in [2.05, 4.69) is 70.5 Å². The second-order valence-corrected chi connectivity index (χ2v) is 12.2. The van der Waals surface area contributed by atoms with Crippen molar-refractivity contribution in [1.29, 1.82) is 0 Å². The van der Waals surface area contributed by atoms with E-state index in [9.17, 15) is 9.90 Å². The van der Waals surface area contributed by atoms with E-state index in [-0.39, 0.29) is 0 Å². The summed E-state index contributed by atoms with van der Waals surface area (Å²) in [6, 6.07) is 26.4. The molecular formula is C35H42N2O2. The number of phenols is 1. The van der Waals surface area contributed by atoms with Crippen molar-refractivity contribution in [3.05, 3.63) is 95.1 Å². The minimum absolute atomic E-state index is 0.290. The van der Waals surface area contributed by atoms with Gasteiger partial charge in [-0.25, -0.2) is 0 Å². The zero-order valence-electron chi connectivity index (χ0n) is 23.1. The molecule has 3 aromatic rings. The van der Waals surface area contributed by atoms with Gasteiger partial charge in [0.15, 0.2) is 0 Å². The van der Waals surface area contributed by atoms with Crippen LogP contribution in [-0.2, 0) is 11.2 Å². The fraction of sp³-hybridized carbons (Fsp3) is 0.457. The van der Waals surface area contributed by atoms with Crippen LogP contribution in [-0.4, -0.2) is 49.0 Å². The molecule has 3 aliphatic rings. The number of benzene rings is 3. The lowest BCUT2D eigenvalue weighted by Gasteiger charge is -2.46. The predicted molar refractivity (Wildman–Crippen MR) is 159 cm³/mol. The summed E-state index contributed by atoms with van der Waals surface area (Å²) in [5.41, 5.74) is 7.17. The Labute approximate surface area is 233 Å². The van der Waals surface area contributed by atoms with Gasteiger partial charge in [0.1, 0.15) is 12.0 Å². The molecule has 0 radical (unpaired) electrons. The molecule has 39 heavy (non-hydrogen) atoms. The molecule has 2 atom stereocenters. The maximum Gasteiger partial charge on any atom is 0.133 e. The highest BCUT2D eigenvalue weighted by Gasteiger charge is 2.36. The van der Waals surface area contributed by atoms with Gasteiger partial charge in [-0.2, -0.15) is 0 Å². The first kappa shape index (κ1) is 26.1. The summed E-state index contributed by atoms with van der Waals surface area (Å²) in [7, 11) is 0. The molecule has 4 nitrogen and oxygen atoms in total. The molecule has 1 aliphatic carbocycles. The van der Waals surface area contributed by atoms with Crippen LogP contribution < -0.4 is 4.90 Å². The van der Waals surface area contributed by atoms with Crippen molar-refractivity contribution in [3.63, 3.8) is 0 Å². The van der Waals surface area contributed by atoms with Crippen LogP contribution in [0.3, 0.4) is 0 Å². The molecule has 0 amide bonds. The number of rotatable bonds is 5. The van der Waals surface area contributed by atoms with E-state index in [0.29, 0.717) is 29.5 Å². The number of hydrogen-bond acceptors (Lipinski definition) is 4. The molecule has 0 unspecified atom stereocenters. The molecule has 204 valence electrons. The summed E-state index contributed by atoms with van der Waals surface area (Å²) in [6.45, 7) is 4.98. The van der Waals surface area contributed by atoms with E-state index < -0.39 is 0 Å². The molecule has 6 rings (SSSR count). The number of phenolic OH excluding ortho intramolecular Hbond substituents is 1.